The van der Waals surface area contributed by atoms with Crippen molar-refractivity contribution in [2.24, 2.45) is 0 Å². The molecule has 0 aliphatic carbocycles. The number of carboxylic acids is 1. The first-order chi connectivity index (χ1) is 9.95. The van der Waals surface area contributed by atoms with E-state index in [9.17, 15) is 14.7 Å². The summed E-state index contributed by atoms with van der Waals surface area (Å²) >= 11 is 2.14. The van der Waals surface area contributed by atoms with Gasteiger partial charge < -0.3 is 10.2 Å². The van der Waals surface area contributed by atoms with E-state index in [4.69, 9.17) is 5.11 Å². The number of phenolic OH excluding ortho intramolecular Hbond substituents is 1. The molecule has 0 radical (unpaired) electrons. The molecule has 0 bridgehead atoms. The van der Waals surface area contributed by atoms with Gasteiger partial charge in [-0.2, -0.15) is 0 Å². The van der Waals surface area contributed by atoms with Crippen molar-refractivity contribution >= 4 is 40.1 Å². The van der Waals surface area contributed by atoms with Gasteiger partial charge in [-0.3, -0.25) is 14.9 Å². The lowest BCUT2D eigenvalue weighted by Gasteiger charge is -2.03. The Morgan fingerprint density at radius 1 is 1.38 bits per heavy atom. The fourth-order valence-electron chi connectivity index (χ4n) is 1.41. The predicted molar refractivity (Wildman–Crippen MR) is 79.1 cm³/mol. The number of hydrogen-bond acceptors (Lipinski definition) is 7. The average Bonchev–Trinajstić information content (AvgIpc) is 2.87. The number of amides is 1. The molecular formula is C12H11N3O4S2. The lowest BCUT2D eigenvalue weighted by molar-refractivity contribution is -0.133. The first kappa shape index (κ1) is 15.3. The highest BCUT2D eigenvalue weighted by molar-refractivity contribution is 8.01. The van der Waals surface area contributed by atoms with Gasteiger partial charge in [0, 0.05) is 5.56 Å². The fourth-order valence-corrected chi connectivity index (χ4v) is 2.88. The lowest BCUT2D eigenvalue weighted by atomic mass is 10.1. The molecule has 1 amide bonds. The molecule has 0 saturated carbocycles. The number of phenols is 1. The van der Waals surface area contributed by atoms with Crippen molar-refractivity contribution in [1.82, 2.24) is 10.2 Å². The topological polar surface area (TPSA) is 112 Å². The Labute approximate surface area is 128 Å². The van der Waals surface area contributed by atoms with Crippen LogP contribution in [0.15, 0.2) is 22.5 Å². The van der Waals surface area contributed by atoms with E-state index >= 15 is 0 Å². The van der Waals surface area contributed by atoms with Crippen LogP contribution in [-0.4, -0.2) is 38.0 Å². The van der Waals surface area contributed by atoms with Crippen LogP contribution in [0, 0.1) is 6.92 Å². The Bertz CT molecular complexity index is 687. The second kappa shape index (κ2) is 6.55. The van der Waals surface area contributed by atoms with Crippen LogP contribution in [0.4, 0.5) is 5.13 Å². The summed E-state index contributed by atoms with van der Waals surface area (Å²) in [5, 5.41) is 28.4. The first-order valence-electron chi connectivity index (χ1n) is 5.75. The van der Waals surface area contributed by atoms with Crippen molar-refractivity contribution in [3.63, 3.8) is 0 Å². The Hall–Kier alpha value is -2.13. The number of aliphatic carboxylic acids is 1. The molecule has 0 saturated heterocycles. The lowest BCUT2D eigenvalue weighted by Crippen LogP contribution is -2.11. The molecular weight excluding hydrogens is 314 g/mol. The molecule has 1 aromatic heterocycles. The van der Waals surface area contributed by atoms with Crippen LogP contribution in [-0.2, 0) is 4.79 Å². The third kappa shape index (κ3) is 4.17. The molecule has 0 aliphatic rings. The van der Waals surface area contributed by atoms with Gasteiger partial charge >= 0.3 is 5.97 Å². The van der Waals surface area contributed by atoms with Crippen molar-refractivity contribution in [2.75, 3.05) is 11.1 Å². The zero-order chi connectivity index (χ0) is 15.4. The van der Waals surface area contributed by atoms with Gasteiger partial charge in [-0.25, -0.2) is 0 Å². The number of aromatic hydroxyl groups is 1. The van der Waals surface area contributed by atoms with Crippen LogP contribution >= 0.6 is 23.1 Å². The van der Waals surface area contributed by atoms with E-state index in [0.717, 1.165) is 23.1 Å². The van der Waals surface area contributed by atoms with Gasteiger partial charge in [0.15, 0.2) is 4.34 Å². The average molecular weight is 325 g/mol. The number of nitrogens with one attached hydrogen (secondary N) is 1. The second-order valence-corrected chi connectivity index (χ2v) is 6.21. The highest BCUT2D eigenvalue weighted by Crippen LogP contribution is 2.26. The number of anilines is 1. The standard InChI is InChI=1S/C12H11N3O4S2/c1-6-4-7(2-3-8(6)16)10(19)13-11-14-15-12(21-11)20-5-9(17)18/h2-4,16H,5H2,1H3,(H,17,18)(H,13,14,19). The van der Waals surface area contributed by atoms with E-state index in [-0.39, 0.29) is 17.4 Å². The van der Waals surface area contributed by atoms with Crippen LogP contribution in [0.25, 0.3) is 0 Å². The Balaban J connectivity index is 2.02. The van der Waals surface area contributed by atoms with E-state index in [2.05, 4.69) is 15.5 Å². The number of aromatic nitrogens is 2. The van der Waals surface area contributed by atoms with Crippen molar-refractivity contribution < 1.29 is 19.8 Å². The molecule has 110 valence electrons. The van der Waals surface area contributed by atoms with Crippen molar-refractivity contribution in [3.05, 3.63) is 29.3 Å². The van der Waals surface area contributed by atoms with Gasteiger partial charge in [0.05, 0.1) is 5.75 Å². The number of benzene rings is 1. The minimum Gasteiger partial charge on any atom is -0.508 e. The third-order valence-corrected chi connectivity index (χ3v) is 4.36. The summed E-state index contributed by atoms with van der Waals surface area (Å²) in [5.74, 6) is -1.31. The van der Waals surface area contributed by atoms with E-state index < -0.39 is 5.97 Å². The number of carbonyl (C=O) groups is 2. The van der Waals surface area contributed by atoms with Crippen LogP contribution < -0.4 is 5.32 Å². The Kier molecular flexibility index (Phi) is 4.76. The largest absolute Gasteiger partial charge is 0.508 e. The number of rotatable bonds is 5. The van der Waals surface area contributed by atoms with E-state index in [1.807, 2.05) is 0 Å². The fraction of sp³-hybridized carbons (Fsp3) is 0.167. The Morgan fingerprint density at radius 2 is 2.14 bits per heavy atom. The highest BCUT2D eigenvalue weighted by atomic mass is 32.2. The number of hydrogen-bond donors (Lipinski definition) is 3. The number of aryl methyl sites for hydroxylation is 1. The molecule has 3 N–H and O–H groups in total. The van der Waals surface area contributed by atoms with Crippen molar-refractivity contribution in [3.8, 4) is 5.75 Å². The maximum absolute atomic E-state index is 12.0. The smallest absolute Gasteiger partial charge is 0.313 e. The van der Waals surface area contributed by atoms with Crippen LogP contribution in [0.5, 0.6) is 5.75 Å². The van der Waals surface area contributed by atoms with Crippen LogP contribution in [0.1, 0.15) is 15.9 Å². The summed E-state index contributed by atoms with van der Waals surface area (Å²) in [6.45, 7) is 1.69. The molecule has 1 heterocycles. The maximum Gasteiger partial charge on any atom is 0.313 e. The summed E-state index contributed by atoms with van der Waals surface area (Å²) < 4.78 is 0.467. The quantitative estimate of drug-likeness (QED) is 0.569. The summed E-state index contributed by atoms with van der Waals surface area (Å²) in [6.07, 6.45) is 0. The Morgan fingerprint density at radius 3 is 2.81 bits per heavy atom. The molecule has 7 nitrogen and oxygen atoms in total. The van der Waals surface area contributed by atoms with Crippen LogP contribution in [0.2, 0.25) is 0 Å². The number of thioether (sulfide) groups is 1. The molecule has 0 aliphatic heterocycles. The SMILES string of the molecule is Cc1cc(C(=O)Nc2nnc(SCC(=O)O)s2)ccc1O. The summed E-state index contributed by atoms with van der Waals surface area (Å²) in [5.41, 5.74) is 0.984. The van der Waals surface area contributed by atoms with Gasteiger partial charge in [-0.15, -0.1) is 10.2 Å². The van der Waals surface area contributed by atoms with Crippen LogP contribution in [0.3, 0.4) is 0 Å². The third-order valence-electron chi connectivity index (χ3n) is 2.41. The van der Waals surface area contributed by atoms with Gasteiger partial charge in [-0.1, -0.05) is 23.1 Å². The van der Waals surface area contributed by atoms with Gasteiger partial charge in [0.1, 0.15) is 5.75 Å². The predicted octanol–water partition coefficient (Wildman–Crippen LogP) is 1.98. The van der Waals surface area contributed by atoms with Crippen molar-refractivity contribution in [1.29, 1.82) is 0 Å². The highest BCUT2D eigenvalue weighted by Gasteiger charge is 2.12. The molecule has 9 heteroatoms. The second-order valence-electron chi connectivity index (χ2n) is 4.01. The molecule has 1 aromatic carbocycles. The molecule has 2 rings (SSSR count). The van der Waals surface area contributed by atoms with E-state index in [0.29, 0.717) is 20.6 Å². The number of nitrogens with zero attached hydrogens (tertiary/aromatic N) is 2. The maximum atomic E-state index is 12.0. The molecule has 0 unspecified atom stereocenters. The molecule has 0 spiro atoms. The molecule has 2 aromatic rings. The first-order valence-corrected chi connectivity index (χ1v) is 7.55. The molecule has 0 atom stereocenters. The molecule has 0 fully saturated rings. The van der Waals surface area contributed by atoms with Gasteiger partial charge in [-0.05, 0) is 30.7 Å². The van der Waals surface area contributed by atoms with Gasteiger partial charge in [0.25, 0.3) is 5.91 Å². The molecule has 21 heavy (non-hydrogen) atoms. The summed E-state index contributed by atoms with van der Waals surface area (Å²) in [4.78, 5) is 22.4. The zero-order valence-electron chi connectivity index (χ0n) is 10.9. The minimum atomic E-state index is -0.944. The van der Waals surface area contributed by atoms with E-state index in [1.165, 1.54) is 12.1 Å². The zero-order valence-corrected chi connectivity index (χ0v) is 12.5. The number of carbonyl (C=O) groups excluding carboxylic acids is 1. The normalized spacial score (nSPS) is 10.3. The summed E-state index contributed by atoms with van der Waals surface area (Å²) in [6, 6.07) is 4.50. The van der Waals surface area contributed by atoms with Gasteiger partial charge in [0.2, 0.25) is 5.13 Å². The number of carboxylic acid groups (broad SMARTS) is 1. The van der Waals surface area contributed by atoms with Crippen molar-refractivity contribution in [2.45, 2.75) is 11.3 Å². The monoisotopic (exact) mass is 325 g/mol. The minimum absolute atomic E-state index is 0.111. The summed E-state index contributed by atoms with van der Waals surface area (Å²) in [7, 11) is 0. The van der Waals surface area contributed by atoms with E-state index in [1.54, 1.807) is 13.0 Å².